The SMILES string of the molecule is Cc1cc(Cl)c(C(=O)N(C)CC(C)O)cn1. The number of aliphatic hydroxyl groups is 1. The van der Waals surface area contributed by atoms with Crippen LogP contribution in [0.5, 0.6) is 0 Å². The third kappa shape index (κ3) is 3.18. The van der Waals surface area contributed by atoms with E-state index in [9.17, 15) is 9.90 Å². The number of aliphatic hydroxyl groups excluding tert-OH is 1. The van der Waals surface area contributed by atoms with Gasteiger partial charge in [-0.1, -0.05) is 11.6 Å². The molecule has 0 spiro atoms. The second kappa shape index (κ2) is 5.27. The summed E-state index contributed by atoms with van der Waals surface area (Å²) in [6, 6.07) is 1.64. The number of nitrogens with zero attached hydrogens (tertiary/aromatic N) is 2. The molecule has 1 aromatic rings. The van der Waals surface area contributed by atoms with E-state index in [1.807, 2.05) is 0 Å². The number of rotatable bonds is 3. The van der Waals surface area contributed by atoms with Gasteiger partial charge in [0.2, 0.25) is 0 Å². The van der Waals surface area contributed by atoms with E-state index in [-0.39, 0.29) is 12.5 Å². The zero-order chi connectivity index (χ0) is 12.3. The second-order valence-corrected chi connectivity index (χ2v) is 4.25. The second-order valence-electron chi connectivity index (χ2n) is 3.84. The Morgan fingerprint density at radius 1 is 1.69 bits per heavy atom. The average Bonchev–Trinajstić information content (AvgIpc) is 2.15. The number of aromatic nitrogens is 1. The van der Waals surface area contributed by atoms with E-state index in [0.717, 1.165) is 5.69 Å². The molecule has 16 heavy (non-hydrogen) atoms. The lowest BCUT2D eigenvalue weighted by Gasteiger charge is -2.19. The summed E-state index contributed by atoms with van der Waals surface area (Å²) in [5, 5.41) is 9.57. The van der Waals surface area contributed by atoms with Crippen LogP contribution in [0.25, 0.3) is 0 Å². The van der Waals surface area contributed by atoms with Gasteiger partial charge in [0.25, 0.3) is 5.91 Å². The fraction of sp³-hybridized carbons (Fsp3) is 0.455. The Morgan fingerprint density at radius 3 is 2.81 bits per heavy atom. The summed E-state index contributed by atoms with van der Waals surface area (Å²) in [5.74, 6) is -0.238. The molecule has 1 unspecified atom stereocenters. The summed E-state index contributed by atoms with van der Waals surface area (Å²) in [4.78, 5) is 17.4. The molecule has 0 aromatic carbocycles. The monoisotopic (exact) mass is 242 g/mol. The summed E-state index contributed by atoms with van der Waals surface area (Å²) in [6.07, 6.45) is 0.893. The van der Waals surface area contributed by atoms with Crippen LogP contribution in [-0.2, 0) is 0 Å². The van der Waals surface area contributed by atoms with Crippen molar-refractivity contribution in [2.45, 2.75) is 20.0 Å². The van der Waals surface area contributed by atoms with Crippen LogP contribution in [0, 0.1) is 6.92 Å². The van der Waals surface area contributed by atoms with Gasteiger partial charge in [0, 0.05) is 25.5 Å². The lowest BCUT2D eigenvalue weighted by Crippen LogP contribution is -2.33. The van der Waals surface area contributed by atoms with Crippen molar-refractivity contribution in [2.75, 3.05) is 13.6 Å². The highest BCUT2D eigenvalue weighted by atomic mass is 35.5. The smallest absolute Gasteiger partial charge is 0.256 e. The van der Waals surface area contributed by atoms with E-state index < -0.39 is 6.10 Å². The van der Waals surface area contributed by atoms with Crippen molar-refractivity contribution in [2.24, 2.45) is 0 Å². The molecule has 1 heterocycles. The quantitative estimate of drug-likeness (QED) is 0.874. The first-order chi connectivity index (χ1) is 7.41. The van der Waals surface area contributed by atoms with Gasteiger partial charge < -0.3 is 10.0 Å². The van der Waals surface area contributed by atoms with Gasteiger partial charge in [0.1, 0.15) is 0 Å². The predicted molar refractivity (Wildman–Crippen MR) is 62.6 cm³/mol. The summed E-state index contributed by atoms with van der Waals surface area (Å²) < 4.78 is 0. The van der Waals surface area contributed by atoms with Crippen LogP contribution < -0.4 is 0 Å². The van der Waals surface area contributed by atoms with Crippen LogP contribution in [-0.4, -0.2) is 40.6 Å². The number of carbonyl (C=O) groups is 1. The number of likely N-dealkylation sites (N-methyl/N-ethyl adjacent to an activating group) is 1. The standard InChI is InChI=1S/C11H15ClN2O2/c1-7-4-10(12)9(5-13-7)11(16)14(3)6-8(2)15/h4-5,8,15H,6H2,1-3H3. The maximum Gasteiger partial charge on any atom is 0.256 e. The molecule has 1 N–H and O–H groups in total. The lowest BCUT2D eigenvalue weighted by molar-refractivity contribution is 0.0703. The highest BCUT2D eigenvalue weighted by molar-refractivity contribution is 6.33. The van der Waals surface area contributed by atoms with Gasteiger partial charge in [0.15, 0.2) is 0 Å². The Hall–Kier alpha value is -1.13. The van der Waals surface area contributed by atoms with Crippen molar-refractivity contribution in [3.05, 3.63) is 28.5 Å². The van der Waals surface area contributed by atoms with Crippen LogP contribution in [0.3, 0.4) is 0 Å². The van der Waals surface area contributed by atoms with Gasteiger partial charge in [-0.2, -0.15) is 0 Å². The predicted octanol–water partition coefficient (Wildman–Crippen LogP) is 1.50. The molecule has 1 aromatic heterocycles. The highest BCUT2D eigenvalue weighted by Crippen LogP contribution is 2.17. The molecular weight excluding hydrogens is 228 g/mol. The summed E-state index contributed by atoms with van der Waals surface area (Å²) in [6.45, 7) is 3.70. The third-order valence-electron chi connectivity index (χ3n) is 2.11. The summed E-state index contributed by atoms with van der Waals surface area (Å²) in [5.41, 5.74) is 1.12. The molecule has 0 bridgehead atoms. The van der Waals surface area contributed by atoms with Gasteiger partial charge in [-0.3, -0.25) is 9.78 Å². The molecule has 0 aliphatic carbocycles. The molecule has 5 heteroatoms. The largest absolute Gasteiger partial charge is 0.392 e. The molecule has 1 amide bonds. The molecule has 0 saturated carbocycles. The lowest BCUT2D eigenvalue weighted by atomic mass is 10.2. The van der Waals surface area contributed by atoms with Crippen LogP contribution >= 0.6 is 11.6 Å². The number of hydrogen-bond acceptors (Lipinski definition) is 3. The molecule has 1 atom stereocenters. The fourth-order valence-electron chi connectivity index (χ4n) is 1.37. The van der Waals surface area contributed by atoms with Crippen molar-refractivity contribution in [3.63, 3.8) is 0 Å². The number of halogens is 1. The van der Waals surface area contributed by atoms with Crippen molar-refractivity contribution in [1.82, 2.24) is 9.88 Å². The van der Waals surface area contributed by atoms with E-state index in [4.69, 9.17) is 11.6 Å². The molecule has 0 radical (unpaired) electrons. The molecule has 0 fully saturated rings. The zero-order valence-corrected chi connectivity index (χ0v) is 10.3. The fourth-order valence-corrected chi connectivity index (χ4v) is 1.66. The molecule has 0 saturated heterocycles. The number of amides is 1. The Bertz CT molecular complexity index is 394. The Kier molecular flexibility index (Phi) is 4.26. The van der Waals surface area contributed by atoms with Crippen molar-refractivity contribution < 1.29 is 9.90 Å². The Balaban J connectivity index is 2.88. The molecule has 1 rings (SSSR count). The number of pyridine rings is 1. The van der Waals surface area contributed by atoms with Gasteiger partial charge in [-0.05, 0) is 19.9 Å². The topological polar surface area (TPSA) is 53.4 Å². The molecule has 0 aliphatic heterocycles. The number of carbonyl (C=O) groups excluding carboxylic acids is 1. The van der Waals surface area contributed by atoms with E-state index in [1.165, 1.54) is 11.1 Å². The highest BCUT2D eigenvalue weighted by Gasteiger charge is 2.16. The summed E-state index contributed by atoms with van der Waals surface area (Å²) in [7, 11) is 1.62. The Labute approximate surface area is 99.9 Å². The number of hydrogen-bond donors (Lipinski definition) is 1. The molecule has 88 valence electrons. The molecular formula is C11H15ClN2O2. The van der Waals surface area contributed by atoms with E-state index in [1.54, 1.807) is 27.0 Å². The number of aryl methyl sites for hydroxylation is 1. The van der Waals surface area contributed by atoms with E-state index >= 15 is 0 Å². The first kappa shape index (κ1) is 12.9. The van der Waals surface area contributed by atoms with Crippen LogP contribution in [0.4, 0.5) is 0 Å². The van der Waals surface area contributed by atoms with Crippen molar-refractivity contribution in [1.29, 1.82) is 0 Å². The maximum atomic E-state index is 11.9. The molecule has 4 nitrogen and oxygen atoms in total. The van der Waals surface area contributed by atoms with E-state index in [2.05, 4.69) is 4.98 Å². The van der Waals surface area contributed by atoms with Crippen LogP contribution in [0.15, 0.2) is 12.3 Å². The zero-order valence-electron chi connectivity index (χ0n) is 9.57. The van der Waals surface area contributed by atoms with Crippen molar-refractivity contribution >= 4 is 17.5 Å². The first-order valence-electron chi connectivity index (χ1n) is 4.97. The maximum absolute atomic E-state index is 11.9. The normalized spacial score (nSPS) is 12.3. The van der Waals surface area contributed by atoms with Gasteiger partial charge in [-0.15, -0.1) is 0 Å². The minimum absolute atomic E-state index is 0.238. The minimum atomic E-state index is -0.564. The third-order valence-corrected chi connectivity index (χ3v) is 2.42. The minimum Gasteiger partial charge on any atom is -0.392 e. The molecule has 0 aliphatic rings. The van der Waals surface area contributed by atoms with Gasteiger partial charge >= 0.3 is 0 Å². The first-order valence-corrected chi connectivity index (χ1v) is 5.35. The van der Waals surface area contributed by atoms with Gasteiger partial charge in [0.05, 0.1) is 16.7 Å². The van der Waals surface area contributed by atoms with Crippen LogP contribution in [0.2, 0.25) is 5.02 Å². The summed E-state index contributed by atoms with van der Waals surface area (Å²) >= 11 is 5.96. The van der Waals surface area contributed by atoms with Gasteiger partial charge in [-0.25, -0.2) is 0 Å². The van der Waals surface area contributed by atoms with Crippen molar-refractivity contribution in [3.8, 4) is 0 Å². The average molecular weight is 243 g/mol. The van der Waals surface area contributed by atoms with Crippen LogP contribution in [0.1, 0.15) is 23.0 Å². The Morgan fingerprint density at radius 2 is 2.31 bits per heavy atom. The van der Waals surface area contributed by atoms with E-state index in [0.29, 0.717) is 10.6 Å².